The van der Waals surface area contributed by atoms with Gasteiger partial charge in [-0.05, 0) is 18.4 Å². The topological polar surface area (TPSA) is 55.8 Å². The summed E-state index contributed by atoms with van der Waals surface area (Å²) in [6.45, 7) is 4.75. The molecule has 1 saturated carbocycles. The van der Waals surface area contributed by atoms with E-state index in [1.54, 1.807) is 0 Å². The first-order valence-corrected chi connectivity index (χ1v) is 9.18. The van der Waals surface area contributed by atoms with Gasteiger partial charge in [-0.3, -0.25) is 14.6 Å². The number of benzene rings is 1. The molecule has 1 aromatic rings. The molecule has 2 aliphatic rings. The molecule has 0 bridgehead atoms. The number of nitrogens with one attached hydrogen (secondary N) is 1. The lowest BCUT2D eigenvalue weighted by atomic mass is 10.1. The van der Waals surface area contributed by atoms with Crippen molar-refractivity contribution in [2.75, 3.05) is 39.3 Å². The number of carbonyl (C=O) groups excluding carboxylic acids is 1. The van der Waals surface area contributed by atoms with Crippen molar-refractivity contribution in [1.82, 2.24) is 15.1 Å². The molecule has 0 radical (unpaired) electrons. The number of nitrogens with zero attached hydrogens (tertiary/aromatic N) is 2. The molecule has 1 heterocycles. The third-order valence-corrected chi connectivity index (χ3v) is 5.17. The fourth-order valence-corrected chi connectivity index (χ4v) is 3.70. The Kier molecular flexibility index (Phi) is 6.24. The Morgan fingerprint density at radius 2 is 1.71 bits per heavy atom. The van der Waals surface area contributed by atoms with Crippen LogP contribution < -0.4 is 5.32 Å². The summed E-state index contributed by atoms with van der Waals surface area (Å²) < 4.78 is 0. The van der Waals surface area contributed by atoms with Crippen molar-refractivity contribution >= 4 is 5.91 Å². The van der Waals surface area contributed by atoms with Crippen LogP contribution in [-0.4, -0.2) is 66.1 Å². The van der Waals surface area contributed by atoms with E-state index in [1.807, 2.05) is 30.3 Å². The lowest BCUT2D eigenvalue weighted by Gasteiger charge is -2.35. The van der Waals surface area contributed by atoms with Gasteiger partial charge in [0.25, 0.3) is 0 Å². The lowest BCUT2D eigenvalue weighted by molar-refractivity contribution is -0.123. The van der Waals surface area contributed by atoms with Gasteiger partial charge in [-0.15, -0.1) is 0 Å². The van der Waals surface area contributed by atoms with Gasteiger partial charge in [0.2, 0.25) is 5.91 Å². The van der Waals surface area contributed by atoms with Crippen LogP contribution in [0.5, 0.6) is 0 Å². The second-order valence-electron chi connectivity index (χ2n) is 7.05. The monoisotopic (exact) mass is 331 g/mol. The first-order valence-electron chi connectivity index (χ1n) is 9.18. The van der Waals surface area contributed by atoms with Crippen molar-refractivity contribution in [2.45, 2.75) is 37.8 Å². The normalized spacial score (nSPS) is 21.7. The van der Waals surface area contributed by atoms with Gasteiger partial charge in [-0.1, -0.05) is 43.2 Å². The molecular formula is C19H29N3O2. The quantitative estimate of drug-likeness (QED) is 0.827. The number of aliphatic hydroxyl groups is 1. The third kappa shape index (κ3) is 5.03. The van der Waals surface area contributed by atoms with Gasteiger partial charge in [0.15, 0.2) is 0 Å². The SMILES string of the molecule is O=C(CN1CCN(CC(O)c2ccccc2)CC1)NC1CCCC1. The van der Waals surface area contributed by atoms with Gasteiger partial charge in [-0.2, -0.15) is 0 Å². The zero-order valence-corrected chi connectivity index (χ0v) is 14.4. The summed E-state index contributed by atoms with van der Waals surface area (Å²) in [5.74, 6) is 0.166. The van der Waals surface area contributed by atoms with E-state index in [0.29, 0.717) is 19.1 Å². The van der Waals surface area contributed by atoms with Crippen LogP contribution >= 0.6 is 0 Å². The minimum Gasteiger partial charge on any atom is -0.387 e. The Balaban J connectivity index is 1.37. The van der Waals surface area contributed by atoms with E-state index >= 15 is 0 Å². The maximum Gasteiger partial charge on any atom is 0.234 e. The van der Waals surface area contributed by atoms with Gasteiger partial charge < -0.3 is 10.4 Å². The second kappa shape index (κ2) is 8.60. The van der Waals surface area contributed by atoms with Crippen LogP contribution in [0, 0.1) is 0 Å². The summed E-state index contributed by atoms with van der Waals surface area (Å²) in [6.07, 6.45) is 4.32. The molecule has 1 aliphatic heterocycles. The first-order chi connectivity index (χ1) is 11.7. The standard InChI is InChI=1S/C19H29N3O2/c23-18(16-6-2-1-3-7-16)14-21-10-12-22(13-11-21)15-19(24)20-17-8-4-5-9-17/h1-3,6-7,17-18,23H,4-5,8-15H2,(H,20,24). The van der Waals surface area contributed by atoms with Crippen molar-refractivity contribution in [2.24, 2.45) is 0 Å². The van der Waals surface area contributed by atoms with Crippen molar-refractivity contribution < 1.29 is 9.90 Å². The van der Waals surface area contributed by atoms with E-state index in [-0.39, 0.29) is 5.91 Å². The molecule has 1 aromatic carbocycles. The van der Waals surface area contributed by atoms with E-state index in [0.717, 1.165) is 44.6 Å². The molecule has 3 rings (SSSR count). The number of aliphatic hydroxyl groups excluding tert-OH is 1. The Bertz CT molecular complexity index is 509. The Labute approximate surface area is 144 Å². The molecule has 5 heteroatoms. The number of amides is 1. The zero-order chi connectivity index (χ0) is 16.8. The number of rotatable bonds is 6. The van der Waals surface area contributed by atoms with Gasteiger partial charge in [0.1, 0.15) is 0 Å². The summed E-state index contributed by atoms with van der Waals surface area (Å²) in [6, 6.07) is 10.2. The largest absolute Gasteiger partial charge is 0.387 e. The van der Waals surface area contributed by atoms with Gasteiger partial charge in [0.05, 0.1) is 12.6 Å². The van der Waals surface area contributed by atoms with Crippen LogP contribution in [0.2, 0.25) is 0 Å². The highest BCUT2D eigenvalue weighted by Gasteiger charge is 2.23. The highest BCUT2D eigenvalue weighted by molar-refractivity contribution is 5.78. The average Bonchev–Trinajstić information content (AvgIpc) is 3.10. The molecule has 1 aliphatic carbocycles. The molecule has 2 fully saturated rings. The van der Waals surface area contributed by atoms with E-state index in [9.17, 15) is 9.90 Å². The molecule has 132 valence electrons. The predicted molar refractivity (Wildman–Crippen MR) is 94.7 cm³/mol. The average molecular weight is 331 g/mol. The minimum atomic E-state index is -0.441. The summed E-state index contributed by atoms with van der Waals surface area (Å²) in [5.41, 5.74) is 0.968. The molecule has 0 spiro atoms. The van der Waals surface area contributed by atoms with Crippen molar-refractivity contribution in [3.8, 4) is 0 Å². The number of hydrogen-bond donors (Lipinski definition) is 2. The maximum atomic E-state index is 12.1. The third-order valence-electron chi connectivity index (χ3n) is 5.17. The maximum absolute atomic E-state index is 12.1. The van der Waals surface area contributed by atoms with Crippen molar-refractivity contribution in [1.29, 1.82) is 0 Å². The van der Waals surface area contributed by atoms with Crippen LogP contribution in [0.4, 0.5) is 0 Å². The second-order valence-corrected chi connectivity index (χ2v) is 7.05. The molecular weight excluding hydrogens is 302 g/mol. The number of piperazine rings is 1. The van der Waals surface area contributed by atoms with Crippen molar-refractivity contribution in [3.63, 3.8) is 0 Å². The molecule has 1 atom stereocenters. The van der Waals surface area contributed by atoms with Crippen LogP contribution in [0.25, 0.3) is 0 Å². The molecule has 1 unspecified atom stereocenters. The number of hydrogen-bond acceptors (Lipinski definition) is 4. The molecule has 2 N–H and O–H groups in total. The van der Waals surface area contributed by atoms with Gasteiger partial charge in [-0.25, -0.2) is 0 Å². The summed E-state index contributed by atoms with van der Waals surface area (Å²) in [4.78, 5) is 16.6. The van der Waals surface area contributed by atoms with Crippen LogP contribution in [0.3, 0.4) is 0 Å². The van der Waals surface area contributed by atoms with Crippen molar-refractivity contribution in [3.05, 3.63) is 35.9 Å². The van der Waals surface area contributed by atoms with Gasteiger partial charge >= 0.3 is 0 Å². The fraction of sp³-hybridized carbons (Fsp3) is 0.632. The highest BCUT2D eigenvalue weighted by atomic mass is 16.3. The van der Waals surface area contributed by atoms with E-state index in [2.05, 4.69) is 15.1 Å². The van der Waals surface area contributed by atoms with Crippen LogP contribution in [0.15, 0.2) is 30.3 Å². The summed E-state index contributed by atoms with van der Waals surface area (Å²) in [5, 5.41) is 13.5. The van der Waals surface area contributed by atoms with E-state index in [4.69, 9.17) is 0 Å². The predicted octanol–water partition coefficient (Wildman–Crippen LogP) is 1.40. The Morgan fingerprint density at radius 3 is 2.38 bits per heavy atom. The smallest absolute Gasteiger partial charge is 0.234 e. The Morgan fingerprint density at radius 1 is 1.08 bits per heavy atom. The van der Waals surface area contributed by atoms with Crippen LogP contribution in [0.1, 0.15) is 37.4 Å². The molecule has 1 saturated heterocycles. The molecule has 0 aromatic heterocycles. The Hall–Kier alpha value is -1.43. The van der Waals surface area contributed by atoms with Gasteiger partial charge in [0, 0.05) is 38.8 Å². The summed E-state index contributed by atoms with van der Waals surface area (Å²) >= 11 is 0. The minimum absolute atomic E-state index is 0.166. The molecule has 24 heavy (non-hydrogen) atoms. The van der Waals surface area contributed by atoms with Crippen LogP contribution in [-0.2, 0) is 4.79 Å². The molecule has 5 nitrogen and oxygen atoms in total. The first kappa shape index (κ1) is 17.4. The number of carbonyl (C=O) groups is 1. The number of β-amino-alcohol motifs (C(OH)–C–C–N with tert-alkyl or cyclic N) is 1. The highest BCUT2D eigenvalue weighted by Crippen LogP contribution is 2.18. The fourth-order valence-electron chi connectivity index (χ4n) is 3.70. The lowest BCUT2D eigenvalue weighted by Crippen LogP contribution is -2.50. The van der Waals surface area contributed by atoms with E-state index < -0.39 is 6.10 Å². The zero-order valence-electron chi connectivity index (χ0n) is 14.4. The summed E-state index contributed by atoms with van der Waals surface area (Å²) in [7, 11) is 0. The molecule has 1 amide bonds. The van der Waals surface area contributed by atoms with E-state index in [1.165, 1.54) is 12.8 Å².